The number of carbonyl (C=O) groups excluding carboxylic acids is 1. The van der Waals surface area contributed by atoms with E-state index in [-0.39, 0.29) is 22.6 Å². The third-order valence-corrected chi connectivity index (χ3v) is 6.84. The number of thioether (sulfide) groups is 1. The molecule has 212 valence electrons. The molecule has 8 nitrogen and oxygen atoms in total. The zero-order valence-corrected chi connectivity index (χ0v) is 21.2. The molecule has 0 bridgehead atoms. The standard InChI is InChI=1S/C25H20F6N4O4S/c26-24(27,28)17-11-16(14-32)2-3-18(17)38-19-4-1-15(12-20(19)39-25(29,30)31)13-21-22(37)33-23(40-21)35-7-5-34(6-8-35)9-10-36/h1-4,11-13,36H,5-10H2/b21-13-. The number of amidine groups is 1. The van der Waals surface area contributed by atoms with E-state index in [9.17, 15) is 31.1 Å². The summed E-state index contributed by atoms with van der Waals surface area (Å²) in [7, 11) is 0. The summed E-state index contributed by atoms with van der Waals surface area (Å²) in [6, 6.07) is 7.05. The van der Waals surface area contributed by atoms with Crippen LogP contribution in [-0.4, -0.2) is 71.7 Å². The fourth-order valence-electron chi connectivity index (χ4n) is 3.92. The van der Waals surface area contributed by atoms with Gasteiger partial charge in [-0.05, 0) is 53.7 Å². The van der Waals surface area contributed by atoms with Crippen molar-refractivity contribution in [2.45, 2.75) is 12.5 Å². The lowest BCUT2D eigenvalue weighted by Crippen LogP contribution is -2.48. The largest absolute Gasteiger partial charge is 0.573 e. The Morgan fingerprint density at radius 1 is 1.02 bits per heavy atom. The molecule has 0 unspecified atom stereocenters. The molecule has 0 aromatic heterocycles. The molecule has 0 spiro atoms. The number of aliphatic hydroxyl groups is 1. The van der Waals surface area contributed by atoms with Crippen LogP contribution in [0.15, 0.2) is 46.3 Å². The Labute approximate surface area is 228 Å². The van der Waals surface area contributed by atoms with Crippen LogP contribution in [0.4, 0.5) is 26.3 Å². The molecule has 2 aliphatic rings. The van der Waals surface area contributed by atoms with Gasteiger partial charge in [-0.2, -0.15) is 23.4 Å². The smallest absolute Gasteiger partial charge is 0.453 e. The predicted octanol–water partition coefficient (Wildman–Crippen LogP) is 4.85. The number of ether oxygens (including phenoxy) is 2. The second-order valence-electron chi connectivity index (χ2n) is 8.54. The summed E-state index contributed by atoms with van der Waals surface area (Å²) in [6.07, 6.45) is -8.87. The number of hydrogen-bond donors (Lipinski definition) is 1. The van der Waals surface area contributed by atoms with E-state index < -0.39 is 41.3 Å². The lowest BCUT2D eigenvalue weighted by atomic mass is 10.1. The van der Waals surface area contributed by atoms with Gasteiger partial charge in [0.1, 0.15) is 5.75 Å². The zero-order valence-electron chi connectivity index (χ0n) is 20.4. The van der Waals surface area contributed by atoms with Crippen molar-refractivity contribution in [3.05, 3.63) is 58.0 Å². The third-order valence-electron chi connectivity index (χ3n) is 5.79. The third kappa shape index (κ3) is 7.26. The molecule has 0 radical (unpaired) electrons. The first-order chi connectivity index (χ1) is 18.9. The number of nitrogens with zero attached hydrogens (tertiary/aromatic N) is 4. The molecule has 2 heterocycles. The van der Waals surface area contributed by atoms with Crippen LogP contribution in [-0.2, 0) is 11.0 Å². The predicted molar refractivity (Wildman–Crippen MR) is 132 cm³/mol. The van der Waals surface area contributed by atoms with Gasteiger partial charge in [-0.25, -0.2) is 0 Å². The van der Waals surface area contributed by atoms with E-state index in [4.69, 9.17) is 15.1 Å². The SMILES string of the molecule is N#Cc1ccc(Oc2ccc(/C=C3\SC(N4CCN(CCO)CC4)=NC3=O)cc2OC(F)(F)F)c(C(F)(F)F)c1. The quantitative estimate of drug-likeness (QED) is 0.379. The molecule has 2 aliphatic heterocycles. The molecule has 15 heteroatoms. The molecular weight excluding hydrogens is 566 g/mol. The summed E-state index contributed by atoms with van der Waals surface area (Å²) in [5.74, 6) is -3.03. The Morgan fingerprint density at radius 2 is 1.73 bits per heavy atom. The molecule has 1 amide bonds. The van der Waals surface area contributed by atoms with Crippen molar-refractivity contribution in [3.63, 3.8) is 0 Å². The Bertz CT molecular complexity index is 1380. The fourth-order valence-corrected chi connectivity index (χ4v) is 4.89. The lowest BCUT2D eigenvalue weighted by Gasteiger charge is -2.34. The highest BCUT2D eigenvalue weighted by Gasteiger charge is 2.36. The number of alkyl halides is 6. The van der Waals surface area contributed by atoms with Gasteiger partial charge in [-0.1, -0.05) is 6.07 Å². The first-order valence-corrected chi connectivity index (χ1v) is 12.5. The fraction of sp³-hybridized carbons (Fsp3) is 0.320. The number of piperazine rings is 1. The summed E-state index contributed by atoms with van der Waals surface area (Å²) in [6.45, 7) is 3.00. The average molecular weight is 587 g/mol. The number of hydrogen-bond acceptors (Lipinski definition) is 8. The lowest BCUT2D eigenvalue weighted by molar-refractivity contribution is -0.275. The van der Waals surface area contributed by atoms with Gasteiger partial charge >= 0.3 is 12.5 Å². The summed E-state index contributed by atoms with van der Waals surface area (Å²) < 4.78 is 89.2. The van der Waals surface area contributed by atoms with Gasteiger partial charge in [0.15, 0.2) is 16.7 Å². The van der Waals surface area contributed by atoms with Crippen LogP contribution in [0.1, 0.15) is 16.7 Å². The van der Waals surface area contributed by atoms with E-state index in [2.05, 4.69) is 14.6 Å². The van der Waals surface area contributed by atoms with E-state index in [1.807, 2.05) is 4.90 Å². The molecule has 2 aromatic carbocycles. The van der Waals surface area contributed by atoms with E-state index in [1.165, 1.54) is 12.1 Å². The molecule has 2 aromatic rings. The van der Waals surface area contributed by atoms with Gasteiger partial charge in [0.05, 0.1) is 28.7 Å². The van der Waals surface area contributed by atoms with Gasteiger partial charge in [0, 0.05) is 32.7 Å². The summed E-state index contributed by atoms with van der Waals surface area (Å²) in [5.41, 5.74) is -1.59. The number of nitriles is 1. The number of amides is 1. The maximum Gasteiger partial charge on any atom is 0.573 e. The Balaban J connectivity index is 1.58. The van der Waals surface area contributed by atoms with Crippen LogP contribution in [0, 0.1) is 11.3 Å². The monoisotopic (exact) mass is 586 g/mol. The number of carbonyl (C=O) groups is 1. The molecule has 40 heavy (non-hydrogen) atoms. The van der Waals surface area contributed by atoms with Crippen LogP contribution in [0.5, 0.6) is 17.2 Å². The first kappa shape index (κ1) is 29.2. The van der Waals surface area contributed by atoms with Crippen LogP contribution >= 0.6 is 11.8 Å². The molecule has 1 fully saturated rings. The van der Waals surface area contributed by atoms with Gasteiger partial charge in [0.2, 0.25) is 0 Å². The van der Waals surface area contributed by atoms with Crippen molar-refractivity contribution in [1.29, 1.82) is 5.26 Å². The molecule has 1 N–H and O–H groups in total. The Kier molecular flexibility index (Phi) is 8.62. The first-order valence-electron chi connectivity index (χ1n) is 11.7. The zero-order chi connectivity index (χ0) is 29.1. The normalized spacial score (nSPS) is 17.6. The minimum Gasteiger partial charge on any atom is -0.453 e. The molecular formula is C25H20F6N4O4S. The van der Waals surface area contributed by atoms with E-state index in [0.717, 1.165) is 36.0 Å². The molecule has 4 rings (SSSR count). The van der Waals surface area contributed by atoms with E-state index in [0.29, 0.717) is 44.0 Å². The molecule has 0 atom stereocenters. The van der Waals surface area contributed by atoms with Crippen LogP contribution < -0.4 is 9.47 Å². The Hall–Kier alpha value is -3.74. The molecule has 0 aliphatic carbocycles. The second kappa shape index (κ2) is 11.8. The van der Waals surface area contributed by atoms with Crippen LogP contribution in [0.2, 0.25) is 0 Å². The topological polar surface area (TPSA) is 98.4 Å². The number of aliphatic imine (C=N–C) groups is 1. The van der Waals surface area contributed by atoms with E-state index in [1.54, 1.807) is 6.07 Å². The van der Waals surface area contributed by atoms with Crippen molar-refractivity contribution in [2.24, 2.45) is 4.99 Å². The van der Waals surface area contributed by atoms with Crippen molar-refractivity contribution < 1.29 is 45.7 Å². The summed E-state index contributed by atoms with van der Waals surface area (Å²) in [4.78, 5) is 20.6. The maximum atomic E-state index is 13.5. The maximum absolute atomic E-state index is 13.5. The second-order valence-corrected chi connectivity index (χ2v) is 9.55. The highest BCUT2D eigenvalue weighted by Crippen LogP contribution is 2.42. The van der Waals surface area contributed by atoms with Gasteiger partial charge in [-0.3, -0.25) is 9.69 Å². The van der Waals surface area contributed by atoms with Crippen LogP contribution in [0.3, 0.4) is 0 Å². The summed E-state index contributed by atoms with van der Waals surface area (Å²) >= 11 is 1.04. The van der Waals surface area contributed by atoms with E-state index >= 15 is 0 Å². The molecule has 0 saturated carbocycles. The van der Waals surface area contributed by atoms with Gasteiger partial charge in [-0.15, -0.1) is 13.2 Å². The van der Waals surface area contributed by atoms with Gasteiger partial charge < -0.3 is 19.5 Å². The number of β-amino-alcohol motifs (C(OH)–C–C–N with tert-alkyl or cyclic N) is 1. The minimum atomic E-state index is -5.20. The molecule has 1 saturated heterocycles. The number of halogens is 6. The number of benzene rings is 2. The van der Waals surface area contributed by atoms with Crippen LogP contribution in [0.25, 0.3) is 6.08 Å². The van der Waals surface area contributed by atoms with Gasteiger partial charge in [0.25, 0.3) is 5.91 Å². The highest BCUT2D eigenvalue weighted by atomic mass is 32.2. The van der Waals surface area contributed by atoms with Crippen molar-refractivity contribution in [2.75, 3.05) is 39.3 Å². The number of rotatable bonds is 6. The Morgan fingerprint density at radius 3 is 2.35 bits per heavy atom. The van der Waals surface area contributed by atoms with Crippen molar-refractivity contribution >= 4 is 28.9 Å². The van der Waals surface area contributed by atoms with Crippen molar-refractivity contribution in [1.82, 2.24) is 9.80 Å². The minimum absolute atomic E-state index is 0.0297. The summed E-state index contributed by atoms with van der Waals surface area (Å²) in [5, 5.41) is 18.4. The highest BCUT2D eigenvalue weighted by molar-refractivity contribution is 8.18. The number of aliphatic hydroxyl groups excluding tert-OH is 1. The van der Waals surface area contributed by atoms with Crippen molar-refractivity contribution in [3.8, 4) is 23.3 Å². The average Bonchev–Trinajstić information content (AvgIpc) is 3.24.